The monoisotopic (exact) mass is 424 g/mol. The fourth-order valence-corrected chi connectivity index (χ4v) is 4.04. The van der Waals surface area contributed by atoms with E-state index >= 15 is 0 Å². The highest BCUT2D eigenvalue weighted by Gasteiger charge is 2.32. The van der Waals surface area contributed by atoms with Gasteiger partial charge in [0, 0.05) is 35.7 Å². The molecule has 30 heavy (non-hydrogen) atoms. The summed E-state index contributed by atoms with van der Waals surface area (Å²) in [5.74, 6) is 0.846. The number of aromatic nitrogens is 2. The molecule has 0 radical (unpaired) electrons. The van der Waals surface area contributed by atoms with Gasteiger partial charge in [-0.15, -0.1) is 0 Å². The molecule has 0 saturated carbocycles. The van der Waals surface area contributed by atoms with Crippen molar-refractivity contribution in [3.05, 3.63) is 76.0 Å². The average Bonchev–Trinajstić information content (AvgIpc) is 2.75. The molecule has 2 aromatic carbocycles. The van der Waals surface area contributed by atoms with E-state index in [0.29, 0.717) is 28.7 Å². The smallest absolute Gasteiger partial charge is 0.228 e. The molecular weight excluding hydrogens is 400 g/mol. The van der Waals surface area contributed by atoms with Gasteiger partial charge in [0.1, 0.15) is 23.3 Å². The second-order valence-corrected chi connectivity index (χ2v) is 7.78. The minimum absolute atomic E-state index is 0.128. The Hall–Kier alpha value is -2.83. The molecule has 0 saturated heterocycles. The van der Waals surface area contributed by atoms with E-state index in [9.17, 15) is 5.11 Å². The number of benzene rings is 2. The molecule has 1 aliphatic rings. The number of likely N-dealkylation sites (N-methyl/N-ethyl adjacent to an activating group) is 1. The van der Waals surface area contributed by atoms with Gasteiger partial charge in [0.15, 0.2) is 0 Å². The van der Waals surface area contributed by atoms with E-state index in [1.54, 1.807) is 18.5 Å². The van der Waals surface area contributed by atoms with Gasteiger partial charge in [-0.25, -0.2) is 4.98 Å². The third-order valence-electron chi connectivity index (χ3n) is 5.65. The van der Waals surface area contributed by atoms with Crippen LogP contribution in [0.3, 0.4) is 0 Å². The maximum absolute atomic E-state index is 9.93. The molecule has 0 bridgehead atoms. The van der Waals surface area contributed by atoms with Gasteiger partial charge in [0.2, 0.25) is 5.88 Å². The van der Waals surface area contributed by atoms with E-state index in [2.05, 4.69) is 23.7 Å². The molecule has 2 heterocycles. The highest BCUT2D eigenvalue weighted by molar-refractivity contribution is 6.30. The van der Waals surface area contributed by atoms with Crippen molar-refractivity contribution < 1.29 is 9.84 Å². The molecule has 3 aromatic rings. The van der Waals surface area contributed by atoms with E-state index in [4.69, 9.17) is 21.7 Å². The van der Waals surface area contributed by atoms with Crippen LogP contribution in [0, 0.1) is 5.41 Å². The van der Waals surface area contributed by atoms with Crippen molar-refractivity contribution in [1.82, 2.24) is 14.5 Å². The number of nitrogens with one attached hydrogen (secondary N) is 1. The van der Waals surface area contributed by atoms with Crippen molar-refractivity contribution in [2.75, 3.05) is 19.6 Å². The largest absolute Gasteiger partial charge is 0.508 e. The van der Waals surface area contributed by atoms with Crippen LogP contribution in [0.4, 0.5) is 0 Å². The summed E-state index contributed by atoms with van der Waals surface area (Å²) in [6.07, 6.45) is 1.66. The summed E-state index contributed by atoms with van der Waals surface area (Å²) in [7, 11) is 0. The first-order valence-electron chi connectivity index (χ1n) is 10.1. The molecule has 0 fully saturated rings. The highest BCUT2D eigenvalue weighted by Crippen LogP contribution is 2.46. The number of aromatic hydroxyl groups is 1. The molecule has 0 spiro atoms. The van der Waals surface area contributed by atoms with Crippen molar-refractivity contribution in [1.29, 1.82) is 5.41 Å². The molecule has 0 unspecified atom stereocenters. The number of nitrogens with zero attached hydrogens (tertiary/aromatic N) is 3. The molecule has 0 amide bonds. The number of phenols is 1. The Balaban J connectivity index is 1.83. The lowest BCUT2D eigenvalue weighted by Gasteiger charge is -2.29. The van der Waals surface area contributed by atoms with Crippen LogP contribution in [0.1, 0.15) is 36.5 Å². The lowest BCUT2D eigenvalue weighted by molar-refractivity contribution is 0.286. The van der Waals surface area contributed by atoms with Crippen molar-refractivity contribution in [3.8, 4) is 17.4 Å². The maximum Gasteiger partial charge on any atom is 0.228 e. The van der Waals surface area contributed by atoms with Gasteiger partial charge in [-0.05, 0) is 36.9 Å². The third-order valence-corrected chi connectivity index (χ3v) is 5.90. The van der Waals surface area contributed by atoms with Gasteiger partial charge in [0.05, 0.1) is 5.56 Å². The molecule has 7 heteroatoms. The molecule has 4 rings (SSSR count). The molecule has 0 aliphatic carbocycles. The zero-order valence-electron chi connectivity index (χ0n) is 17.1. The lowest BCUT2D eigenvalue weighted by Crippen LogP contribution is -2.34. The van der Waals surface area contributed by atoms with Crippen LogP contribution in [-0.4, -0.2) is 39.2 Å². The quantitative estimate of drug-likeness (QED) is 0.482. The molecule has 1 atom stereocenters. The first kappa shape index (κ1) is 20.4. The van der Waals surface area contributed by atoms with Crippen LogP contribution in [0.25, 0.3) is 0 Å². The fraction of sp³-hybridized carbons (Fsp3) is 0.304. The minimum atomic E-state index is -0.234. The van der Waals surface area contributed by atoms with Gasteiger partial charge in [-0.3, -0.25) is 5.41 Å². The molecule has 2 N–H and O–H groups in total. The molecule has 1 aromatic heterocycles. The summed E-state index contributed by atoms with van der Waals surface area (Å²) >= 11 is 6.11. The number of fused-ring (bicyclic) bond motifs is 2. The van der Waals surface area contributed by atoms with E-state index in [0.717, 1.165) is 36.3 Å². The molecule has 1 aliphatic heterocycles. The first-order valence-corrected chi connectivity index (χ1v) is 10.5. The van der Waals surface area contributed by atoms with E-state index in [1.165, 1.54) is 0 Å². The number of hydrogen-bond donors (Lipinski definition) is 2. The van der Waals surface area contributed by atoms with Gasteiger partial charge in [-0.1, -0.05) is 43.6 Å². The number of phenolic OH excluding ortho intramolecular Hbond substituents is 1. The molecule has 6 nitrogen and oxygen atoms in total. The normalized spacial score (nSPS) is 14.9. The number of ether oxygens (including phenoxy) is 1. The van der Waals surface area contributed by atoms with E-state index in [1.807, 2.05) is 34.9 Å². The van der Waals surface area contributed by atoms with E-state index < -0.39 is 0 Å². The SMILES string of the molecule is CCN(CC)CCn1cnc2c(c1=N)[C@H](c1ccc(Cl)cc1)c1ccc(O)cc1O2. The van der Waals surface area contributed by atoms with Crippen LogP contribution >= 0.6 is 11.6 Å². The topological polar surface area (TPSA) is 74.4 Å². The van der Waals surface area contributed by atoms with Crippen LogP contribution < -0.4 is 10.2 Å². The molecular formula is C23H25ClN4O2. The Labute approximate surface area is 180 Å². The van der Waals surface area contributed by atoms with Crippen LogP contribution in [0.2, 0.25) is 5.02 Å². The number of hydrogen-bond acceptors (Lipinski definition) is 5. The second-order valence-electron chi connectivity index (χ2n) is 7.34. The Kier molecular flexibility index (Phi) is 5.79. The Morgan fingerprint density at radius 3 is 2.60 bits per heavy atom. The van der Waals surface area contributed by atoms with Crippen LogP contribution in [0.15, 0.2) is 48.8 Å². The van der Waals surface area contributed by atoms with Gasteiger partial charge < -0.3 is 19.3 Å². The number of rotatable bonds is 6. The first-order chi connectivity index (χ1) is 14.5. The van der Waals surface area contributed by atoms with Crippen molar-refractivity contribution in [2.45, 2.75) is 26.3 Å². The fourth-order valence-electron chi connectivity index (χ4n) is 3.92. The van der Waals surface area contributed by atoms with Crippen LogP contribution in [0.5, 0.6) is 17.4 Å². The van der Waals surface area contributed by atoms with Gasteiger partial charge in [0.25, 0.3) is 0 Å². The van der Waals surface area contributed by atoms with Crippen molar-refractivity contribution >= 4 is 11.6 Å². The highest BCUT2D eigenvalue weighted by atomic mass is 35.5. The lowest BCUT2D eigenvalue weighted by atomic mass is 9.84. The average molecular weight is 425 g/mol. The summed E-state index contributed by atoms with van der Waals surface area (Å²) in [5.41, 5.74) is 2.98. The minimum Gasteiger partial charge on any atom is -0.508 e. The predicted octanol–water partition coefficient (Wildman–Crippen LogP) is 4.35. The number of halogens is 1. The molecule has 156 valence electrons. The maximum atomic E-state index is 9.93. The summed E-state index contributed by atoms with van der Waals surface area (Å²) in [6.45, 7) is 7.74. The van der Waals surface area contributed by atoms with Gasteiger partial charge >= 0.3 is 0 Å². The summed E-state index contributed by atoms with van der Waals surface area (Å²) in [6, 6.07) is 12.7. The zero-order valence-corrected chi connectivity index (χ0v) is 17.9. The zero-order chi connectivity index (χ0) is 21.3. The summed E-state index contributed by atoms with van der Waals surface area (Å²) in [5, 5.41) is 19.5. The van der Waals surface area contributed by atoms with Crippen molar-refractivity contribution in [3.63, 3.8) is 0 Å². The Morgan fingerprint density at radius 1 is 1.17 bits per heavy atom. The Morgan fingerprint density at radius 2 is 1.90 bits per heavy atom. The van der Waals surface area contributed by atoms with Crippen molar-refractivity contribution in [2.24, 2.45) is 0 Å². The van der Waals surface area contributed by atoms with Gasteiger partial charge in [-0.2, -0.15) is 0 Å². The summed E-state index contributed by atoms with van der Waals surface area (Å²) < 4.78 is 7.87. The Bertz CT molecular complexity index is 1110. The second kappa shape index (κ2) is 8.50. The standard InChI is InChI=1S/C23H25ClN4O2/c1-3-27(4-2)11-12-28-14-26-23-21(22(28)25)20(15-5-7-16(24)8-6-15)18-10-9-17(29)13-19(18)30-23/h5-10,13-14,20,25,29H,3-4,11-12H2,1-2H3/t20-/m1/s1. The summed E-state index contributed by atoms with van der Waals surface area (Å²) in [4.78, 5) is 6.84. The third kappa shape index (κ3) is 3.80. The predicted molar refractivity (Wildman–Crippen MR) is 116 cm³/mol. The van der Waals surface area contributed by atoms with E-state index in [-0.39, 0.29) is 11.7 Å². The van der Waals surface area contributed by atoms with Crippen LogP contribution in [-0.2, 0) is 6.54 Å².